The molecule has 142 valence electrons. The van der Waals surface area contributed by atoms with Gasteiger partial charge >= 0.3 is 0 Å². The maximum absolute atomic E-state index is 13.3. The molecule has 0 N–H and O–H groups in total. The summed E-state index contributed by atoms with van der Waals surface area (Å²) < 4.78 is 56.9. The molecule has 0 heterocycles. The summed E-state index contributed by atoms with van der Waals surface area (Å²) in [5.74, 6) is -6.37. The number of halogens is 4. The Balaban J connectivity index is 0.000000290. The van der Waals surface area contributed by atoms with Crippen molar-refractivity contribution in [2.45, 2.75) is 52.6 Å². The summed E-state index contributed by atoms with van der Waals surface area (Å²) in [7, 11) is 0. The smallest absolute Gasteiger partial charge is 0.203 e. The zero-order chi connectivity index (χ0) is 19.1. The summed E-state index contributed by atoms with van der Waals surface area (Å²) in [5.41, 5.74) is 1.74. The Bertz CT molecular complexity index is 707. The molecule has 1 nitrogen and oxygen atoms in total. The van der Waals surface area contributed by atoms with Crippen molar-refractivity contribution >= 4 is 0 Å². The highest BCUT2D eigenvalue weighted by Gasteiger charge is 2.19. The van der Waals surface area contributed by atoms with Gasteiger partial charge in [-0.15, -0.1) is 0 Å². The van der Waals surface area contributed by atoms with Crippen LogP contribution in [-0.4, -0.2) is 0 Å². The summed E-state index contributed by atoms with van der Waals surface area (Å²) >= 11 is 0. The number of benzene rings is 2. The molecule has 2 aromatic carbocycles. The van der Waals surface area contributed by atoms with Crippen LogP contribution in [0, 0.1) is 36.1 Å². The molecule has 1 aliphatic rings. The summed E-state index contributed by atoms with van der Waals surface area (Å²) in [5, 5.41) is 0. The zero-order valence-electron chi connectivity index (χ0n) is 15.1. The number of rotatable bonds is 3. The van der Waals surface area contributed by atoms with Crippen LogP contribution < -0.4 is 4.74 Å². The average Bonchev–Trinajstić information content (AvgIpc) is 2.64. The van der Waals surface area contributed by atoms with Crippen molar-refractivity contribution in [3.63, 3.8) is 0 Å². The lowest BCUT2D eigenvalue weighted by Crippen LogP contribution is -2.02. The van der Waals surface area contributed by atoms with Gasteiger partial charge in [0.25, 0.3) is 0 Å². The quantitative estimate of drug-likeness (QED) is 0.332. The van der Waals surface area contributed by atoms with Crippen LogP contribution in [0.3, 0.4) is 0 Å². The van der Waals surface area contributed by atoms with E-state index in [1.54, 1.807) is 12.1 Å². The normalized spacial score (nSPS) is 14.5. The highest BCUT2D eigenvalue weighted by Crippen LogP contribution is 2.25. The Labute approximate surface area is 152 Å². The van der Waals surface area contributed by atoms with Gasteiger partial charge < -0.3 is 4.74 Å². The Hall–Kier alpha value is -2.04. The van der Waals surface area contributed by atoms with Gasteiger partial charge in [-0.05, 0) is 18.4 Å². The number of ether oxygens (including phenoxy) is 1. The molecule has 1 aliphatic carbocycles. The molecule has 0 bridgehead atoms. The van der Waals surface area contributed by atoms with Crippen LogP contribution in [-0.2, 0) is 6.61 Å². The molecule has 0 unspecified atom stereocenters. The first kappa shape index (κ1) is 20.3. The van der Waals surface area contributed by atoms with Gasteiger partial charge in [0.05, 0.1) is 0 Å². The number of hydrogen-bond acceptors (Lipinski definition) is 1. The van der Waals surface area contributed by atoms with Gasteiger partial charge in [-0.3, -0.25) is 0 Å². The average molecular weight is 368 g/mol. The van der Waals surface area contributed by atoms with E-state index in [9.17, 15) is 17.6 Å². The lowest BCUT2D eigenvalue weighted by atomic mass is 9.91. The number of aryl methyl sites for hydroxylation is 1. The molecule has 0 amide bonds. The molecule has 2 aromatic rings. The molecular formula is C21H24F4O. The van der Waals surface area contributed by atoms with E-state index in [1.807, 2.05) is 19.1 Å². The first-order valence-corrected chi connectivity index (χ1v) is 8.89. The van der Waals surface area contributed by atoms with Gasteiger partial charge in [-0.2, -0.15) is 4.39 Å². The summed E-state index contributed by atoms with van der Waals surface area (Å²) in [6, 6.07) is 7.61. The third kappa shape index (κ3) is 5.75. The van der Waals surface area contributed by atoms with Crippen molar-refractivity contribution in [2.24, 2.45) is 5.92 Å². The molecular weight excluding hydrogens is 344 g/mol. The Morgan fingerprint density at radius 2 is 1.50 bits per heavy atom. The van der Waals surface area contributed by atoms with Crippen LogP contribution in [0.15, 0.2) is 30.3 Å². The van der Waals surface area contributed by atoms with E-state index in [0.29, 0.717) is 11.6 Å². The molecule has 26 heavy (non-hydrogen) atoms. The van der Waals surface area contributed by atoms with E-state index < -0.39 is 29.0 Å². The molecule has 1 fully saturated rings. The summed E-state index contributed by atoms with van der Waals surface area (Å²) in [4.78, 5) is 0. The maximum Gasteiger partial charge on any atom is 0.203 e. The van der Waals surface area contributed by atoms with Crippen LogP contribution in [0.4, 0.5) is 17.6 Å². The highest BCUT2D eigenvalue weighted by molar-refractivity contribution is 5.28. The van der Waals surface area contributed by atoms with Crippen molar-refractivity contribution < 1.29 is 22.3 Å². The second-order valence-corrected chi connectivity index (χ2v) is 6.82. The van der Waals surface area contributed by atoms with Gasteiger partial charge in [0.15, 0.2) is 17.4 Å². The molecule has 1 saturated carbocycles. The second kappa shape index (κ2) is 9.60. The van der Waals surface area contributed by atoms with Gasteiger partial charge in [-0.25, -0.2) is 13.2 Å². The summed E-state index contributed by atoms with van der Waals surface area (Å²) in [6.45, 7) is 4.19. The second-order valence-electron chi connectivity index (χ2n) is 6.82. The predicted molar refractivity (Wildman–Crippen MR) is 94.0 cm³/mol. The van der Waals surface area contributed by atoms with E-state index in [4.69, 9.17) is 4.74 Å². The minimum Gasteiger partial charge on any atom is -0.486 e. The molecule has 0 spiro atoms. The van der Waals surface area contributed by atoms with Gasteiger partial charge in [0, 0.05) is 6.07 Å². The van der Waals surface area contributed by atoms with Crippen molar-refractivity contribution in [3.8, 4) is 5.75 Å². The SMILES string of the molecule is CC1CCCCC1.Cc1ccc(COc2cc(F)c(F)c(F)c2F)cc1. The standard InChI is InChI=1S/C14H10F4O.C7H14/c1-8-2-4-9(5-3-8)7-19-11-6-10(15)12(16)14(18)13(11)17;1-7-5-3-2-4-6-7/h2-6H,7H2,1H3;7H,2-6H2,1H3. The lowest BCUT2D eigenvalue weighted by Gasteiger charge is -2.15. The van der Waals surface area contributed by atoms with Crippen molar-refractivity contribution in [3.05, 3.63) is 64.7 Å². The van der Waals surface area contributed by atoms with Crippen LogP contribution in [0.1, 0.15) is 50.2 Å². The maximum atomic E-state index is 13.3. The molecule has 0 radical (unpaired) electrons. The lowest BCUT2D eigenvalue weighted by molar-refractivity contribution is 0.276. The molecule has 3 rings (SSSR count). The van der Waals surface area contributed by atoms with Gasteiger partial charge in [-0.1, -0.05) is 68.9 Å². The molecule has 5 heteroatoms. The minimum atomic E-state index is -1.88. The molecule has 0 saturated heterocycles. The van der Waals surface area contributed by atoms with Crippen molar-refractivity contribution in [1.82, 2.24) is 0 Å². The van der Waals surface area contributed by atoms with Crippen LogP contribution in [0.5, 0.6) is 5.75 Å². The van der Waals surface area contributed by atoms with Crippen molar-refractivity contribution in [1.29, 1.82) is 0 Å². The van der Waals surface area contributed by atoms with E-state index in [0.717, 1.165) is 11.5 Å². The van der Waals surface area contributed by atoms with Crippen LogP contribution >= 0.6 is 0 Å². The topological polar surface area (TPSA) is 9.23 Å². The molecule has 0 atom stereocenters. The van der Waals surface area contributed by atoms with Gasteiger partial charge in [0.2, 0.25) is 11.6 Å². The van der Waals surface area contributed by atoms with Crippen LogP contribution in [0.25, 0.3) is 0 Å². The summed E-state index contributed by atoms with van der Waals surface area (Å²) in [6.07, 6.45) is 7.44. The van der Waals surface area contributed by atoms with E-state index in [1.165, 1.54) is 32.1 Å². The van der Waals surface area contributed by atoms with Gasteiger partial charge in [0.1, 0.15) is 6.61 Å². The third-order valence-corrected chi connectivity index (χ3v) is 4.48. The third-order valence-electron chi connectivity index (χ3n) is 4.48. The minimum absolute atomic E-state index is 0.0677. The highest BCUT2D eigenvalue weighted by atomic mass is 19.2. The van der Waals surface area contributed by atoms with Crippen LogP contribution in [0.2, 0.25) is 0 Å². The zero-order valence-corrected chi connectivity index (χ0v) is 15.1. The van der Waals surface area contributed by atoms with E-state index >= 15 is 0 Å². The fourth-order valence-electron chi connectivity index (χ4n) is 2.81. The Morgan fingerprint density at radius 1 is 0.885 bits per heavy atom. The molecule has 0 aliphatic heterocycles. The van der Waals surface area contributed by atoms with E-state index in [2.05, 4.69) is 6.92 Å². The number of hydrogen-bond donors (Lipinski definition) is 0. The Kier molecular flexibility index (Phi) is 7.49. The fraction of sp³-hybridized carbons (Fsp3) is 0.429. The van der Waals surface area contributed by atoms with E-state index in [-0.39, 0.29) is 6.61 Å². The Morgan fingerprint density at radius 3 is 2.04 bits per heavy atom. The largest absolute Gasteiger partial charge is 0.486 e. The first-order valence-electron chi connectivity index (χ1n) is 8.89. The first-order chi connectivity index (χ1) is 12.4. The monoisotopic (exact) mass is 368 g/mol. The van der Waals surface area contributed by atoms with Crippen molar-refractivity contribution in [2.75, 3.05) is 0 Å². The fourth-order valence-corrected chi connectivity index (χ4v) is 2.81. The molecule has 0 aromatic heterocycles. The predicted octanol–water partition coefficient (Wildman–Crippen LogP) is 6.72.